The zero-order chi connectivity index (χ0) is 17.3. The maximum atomic E-state index is 12.7. The second-order valence-electron chi connectivity index (χ2n) is 5.47. The minimum Gasteiger partial charge on any atom is -0.481 e. The van der Waals surface area contributed by atoms with Crippen LogP contribution in [0.1, 0.15) is 22.7 Å². The molecule has 0 saturated heterocycles. The SMILES string of the molecule is Cc1sc2nc(C)n(CC(=O)N(C)CCC(=O)O)c(=O)c2c1C. The van der Waals surface area contributed by atoms with Gasteiger partial charge >= 0.3 is 5.97 Å². The lowest BCUT2D eigenvalue weighted by Crippen LogP contribution is -2.36. The molecule has 0 spiro atoms. The Morgan fingerprint density at radius 1 is 1.30 bits per heavy atom. The number of carboxylic acid groups (broad SMARTS) is 1. The molecule has 2 aromatic rings. The van der Waals surface area contributed by atoms with Crippen LogP contribution in [0.3, 0.4) is 0 Å². The van der Waals surface area contributed by atoms with Gasteiger partial charge in [0, 0.05) is 18.5 Å². The van der Waals surface area contributed by atoms with Crippen LogP contribution in [0, 0.1) is 20.8 Å². The number of fused-ring (bicyclic) bond motifs is 1. The van der Waals surface area contributed by atoms with Gasteiger partial charge in [-0.3, -0.25) is 19.0 Å². The molecule has 1 amide bonds. The highest BCUT2D eigenvalue weighted by atomic mass is 32.1. The lowest BCUT2D eigenvalue weighted by Gasteiger charge is -2.17. The molecule has 2 rings (SSSR count). The Morgan fingerprint density at radius 2 is 1.96 bits per heavy atom. The fraction of sp³-hybridized carbons (Fsp3) is 0.467. The van der Waals surface area contributed by atoms with Gasteiger partial charge in [-0.25, -0.2) is 4.98 Å². The van der Waals surface area contributed by atoms with Crippen molar-refractivity contribution in [3.8, 4) is 0 Å². The van der Waals surface area contributed by atoms with Crippen molar-refractivity contribution in [2.45, 2.75) is 33.7 Å². The number of amides is 1. The zero-order valence-corrected chi connectivity index (χ0v) is 14.4. The average molecular weight is 337 g/mol. The summed E-state index contributed by atoms with van der Waals surface area (Å²) in [5.41, 5.74) is 0.664. The van der Waals surface area contributed by atoms with E-state index in [-0.39, 0.29) is 31.0 Å². The second kappa shape index (κ2) is 6.49. The molecule has 0 aliphatic carbocycles. The Bertz CT molecular complexity index is 837. The van der Waals surface area contributed by atoms with E-state index >= 15 is 0 Å². The number of nitrogens with zero attached hydrogens (tertiary/aromatic N) is 3. The van der Waals surface area contributed by atoms with Crippen molar-refractivity contribution in [3.63, 3.8) is 0 Å². The zero-order valence-electron chi connectivity index (χ0n) is 13.5. The molecule has 0 aliphatic rings. The predicted octanol–water partition coefficient (Wildman–Crippen LogP) is 1.32. The van der Waals surface area contributed by atoms with E-state index in [4.69, 9.17) is 5.11 Å². The van der Waals surface area contributed by atoms with E-state index in [0.29, 0.717) is 16.0 Å². The molecule has 1 N–H and O–H groups in total. The number of likely N-dealkylation sites (N-methyl/N-ethyl adjacent to an activating group) is 1. The van der Waals surface area contributed by atoms with E-state index in [1.54, 1.807) is 6.92 Å². The summed E-state index contributed by atoms with van der Waals surface area (Å²) in [6, 6.07) is 0. The molecule has 0 atom stereocenters. The molecule has 8 heteroatoms. The molecular weight excluding hydrogens is 318 g/mol. The summed E-state index contributed by atoms with van der Waals surface area (Å²) < 4.78 is 1.35. The van der Waals surface area contributed by atoms with Gasteiger partial charge in [-0.05, 0) is 26.3 Å². The van der Waals surface area contributed by atoms with E-state index in [2.05, 4.69) is 4.98 Å². The van der Waals surface area contributed by atoms with Crippen LogP contribution in [-0.4, -0.2) is 45.0 Å². The predicted molar refractivity (Wildman–Crippen MR) is 88.0 cm³/mol. The van der Waals surface area contributed by atoms with Gasteiger partial charge in [0.25, 0.3) is 5.56 Å². The van der Waals surface area contributed by atoms with Gasteiger partial charge < -0.3 is 10.0 Å². The van der Waals surface area contributed by atoms with Gasteiger partial charge in [-0.2, -0.15) is 0 Å². The molecule has 7 nitrogen and oxygen atoms in total. The summed E-state index contributed by atoms with van der Waals surface area (Å²) in [4.78, 5) is 42.9. The van der Waals surface area contributed by atoms with Crippen LogP contribution in [0.15, 0.2) is 4.79 Å². The van der Waals surface area contributed by atoms with E-state index in [0.717, 1.165) is 10.4 Å². The number of rotatable bonds is 5. The third kappa shape index (κ3) is 3.42. The minimum absolute atomic E-state index is 0.105. The molecule has 2 heterocycles. The number of aliphatic carboxylic acids is 1. The van der Waals surface area contributed by atoms with E-state index in [9.17, 15) is 14.4 Å². The van der Waals surface area contributed by atoms with E-state index in [1.165, 1.54) is 27.9 Å². The smallest absolute Gasteiger partial charge is 0.305 e. The lowest BCUT2D eigenvalue weighted by atomic mass is 10.2. The molecule has 0 aromatic carbocycles. The number of aryl methyl sites for hydroxylation is 3. The van der Waals surface area contributed by atoms with Gasteiger partial charge in [0.2, 0.25) is 5.91 Å². The van der Waals surface area contributed by atoms with Gasteiger partial charge in [-0.15, -0.1) is 11.3 Å². The molecule has 23 heavy (non-hydrogen) atoms. The number of hydrogen-bond donors (Lipinski definition) is 1. The fourth-order valence-electron chi connectivity index (χ4n) is 2.26. The summed E-state index contributed by atoms with van der Waals surface area (Å²) in [6.07, 6.45) is -0.129. The Hall–Kier alpha value is -2.22. The van der Waals surface area contributed by atoms with Crippen LogP contribution in [0.25, 0.3) is 10.2 Å². The Kier molecular flexibility index (Phi) is 4.84. The number of thiophene rings is 1. The van der Waals surface area contributed by atoms with Crippen LogP contribution >= 0.6 is 11.3 Å². The topological polar surface area (TPSA) is 92.5 Å². The number of hydrogen-bond acceptors (Lipinski definition) is 5. The molecule has 2 aromatic heterocycles. The average Bonchev–Trinajstić information content (AvgIpc) is 2.75. The molecule has 0 unspecified atom stereocenters. The highest BCUT2D eigenvalue weighted by molar-refractivity contribution is 7.18. The van der Waals surface area contributed by atoms with Crippen molar-refractivity contribution in [2.75, 3.05) is 13.6 Å². The van der Waals surface area contributed by atoms with E-state index in [1.807, 2.05) is 13.8 Å². The quantitative estimate of drug-likeness (QED) is 0.888. The first kappa shape index (κ1) is 17.1. The Morgan fingerprint density at radius 3 is 2.57 bits per heavy atom. The first-order valence-electron chi connectivity index (χ1n) is 7.15. The van der Waals surface area contributed by atoms with Crippen molar-refractivity contribution in [1.82, 2.24) is 14.5 Å². The molecule has 0 fully saturated rings. The monoisotopic (exact) mass is 337 g/mol. The molecule has 0 radical (unpaired) electrons. The van der Waals surface area contributed by atoms with Gasteiger partial charge in [-0.1, -0.05) is 0 Å². The first-order valence-corrected chi connectivity index (χ1v) is 7.97. The van der Waals surface area contributed by atoms with Gasteiger partial charge in [0.15, 0.2) is 0 Å². The van der Waals surface area contributed by atoms with Crippen molar-refractivity contribution < 1.29 is 14.7 Å². The third-order valence-corrected chi connectivity index (χ3v) is 4.96. The largest absolute Gasteiger partial charge is 0.481 e. The minimum atomic E-state index is -0.967. The maximum absolute atomic E-state index is 12.7. The molecule has 0 saturated carbocycles. The van der Waals surface area contributed by atoms with Crippen molar-refractivity contribution >= 4 is 33.4 Å². The van der Waals surface area contributed by atoms with E-state index < -0.39 is 5.97 Å². The van der Waals surface area contributed by atoms with Crippen LogP contribution < -0.4 is 5.56 Å². The molecule has 0 aliphatic heterocycles. The van der Waals surface area contributed by atoms with Gasteiger partial charge in [0.05, 0.1) is 11.8 Å². The van der Waals surface area contributed by atoms with Crippen LogP contribution in [0.5, 0.6) is 0 Å². The lowest BCUT2D eigenvalue weighted by molar-refractivity contribution is -0.138. The first-order chi connectivity index (χ1) is 10.7. The third-order valence-electron chi connectivity index (χ3n) is 3.86. The second-order valence-corrected chi connectivity index (χ2v) is 6.68. The Labute approximate surface area is 137 Å². The fourth-order valence-corrected chi connectivity index (χ4v) is 3.32. The number of aromatic nitrogens is 2. The normalized spacial score (nSPS) is 11.0. The number of carboxylic acids is 1. The standard InChI is InChI=1S/C15H19N3O4S/c1-8-9(2)23-14-13(8)15(22)18(10(3)16-14)7-11(19)17(4)6-5-12(20)21/h5-7H2,1-4H3,(H,20,21). The summed E-state index contributed by atoms with van der Waals surface area (Å²) in [5, 5.41) is 9.23. The van der Waals surface area contributed by atoms with Crippen LogP contribution in [0.4, 0.5) is 0 Å². The summed E-state index contributed by atoms with van der Waals surface area (Å²) in [7, 11) is 1.53. The summed E-state index contributed by atoms with van der Waals surface area (Å²) in [5.74, 6) is -0.809. The molecule has 0 bridgehead atoms. The summed E-state index contributed by atoms with van der Waals surface area (Å²) >= 11 is 1.47. The highest BCUT2D eigenvalue weighted by Crippen LogP contribution is 2.26. The number of carbonyl (C=O) groups is 2. The van der Waals surface area contributed by atoms with Crippen molar-refractivity contribution in [3.05, 3.63) is 26.6 Å². The van der Waals surface area contributed by atoms with Crippen LogP contribution in [-0.2, 0) is 16.1 Å². The Balaban J connectivity index is 2.33. The van der Waals surface area contributed by atoms with Gasteiger partial charge in [0.1, 0.15) is 17.2 Å². The van der Waals surface area contributed by atoms with Crippen LogP contribution in [0.2, 0.25) is 0 Å². The highest BCUT2D eigenvalue weighted by Gasteiger charge is 2.18. The maximum Gasteiger partial charge on any atom is 0.305 e. The van der Waals surface area contributed by atoms with Crippen molar-refractivity contribution in [1.29, 1.82) is 0 Å². The van der Waals surface area contributed by atoms with Crippen molar-refractivity contribution in [2.24, 2.45) is 0 Å². The molecule has 124 valence electrons. The summed E-state index contributed by atoms with van der Waals surface area (Å²) in [6.45, 7) is 5.46. The molecular formula is C15H19N3O4S. The number of carbonyl (C=O) groups excluding carboxylic acids is 1.